The molecule has 136 valence electrons. The minimum absolute atomic E-state index is 0.207. The molecule has 0 saturated carbocycles. The van der Waals surface area contributed by atoms with Crippen molar-refractivity contribution in [3.8, 4) is 0 Å². The Hall–Kier alpha value is -1.62. The first kappa shape index (κ1) is 18.2. The molecule has 1 aromatic carbocycles. The number of halogens is 2. The molecule has 25 heavy (non-hydrogen) atoms. The smallest absolute Gasteiger partial charge is 0.246 e. The van der Waals surface area contributed by atoms with Gasteiger partial charge in [0.1, 0.15) is 16.5 Å². The van der Waals surface area contributed by atoms with Crippen LogP contribution in [0.1, 0.15) is 0 Å². The van der Waals surface area contributed by atoms with Crippen molar-refractivity contribution in [3.05, 3.63) is 47.0 Å². The van der Waals surface area contributed by atoms with E-state index in [0.717, 1.165) is 18.2 Å². The van der Waals surface area contributed by atoms with Crippen LogP contribution in [0.15, 0.2) is 35.5 Å². The number of piperazine rings is 1. The number of hydrogen-bond acceptors (Lipinski definition) is 4. The average molecular weight is 388 g/mol. The molecule has 10 heteroatoms. The molecule has 1 aliphatic rings. The van der Waals surface area contributed by atoms with Gasteiger partial charge in [-0.15, -0.1) is 0 Å². The van der Waals surface area contributed by atoms with Gasteiger partial charge in [-0.2, -0.15) is 4.31 Å². The Morgan fingerprint density at radius 1 is 1.12 bits per heavy atom. The molecular formula is C15H18F2N4O2S2. The molecular weight excluding hydrogens is 370 g/mol. The molecule has 1 saturated heterocycles. The van der Waals surface area contributed by atoms with Crippen molar-refractivity contribution in [1.29, 1.82) is 0 Å². The van der Waals surface area contributed by atoms with Crippen molar-refractivity contribution in [2.75, 3.05) is 26.2 Å². The third-order valence-electron chi connectivity index (χ3n) is 4.21. The second kappa shape index (κ2) is 6.94. The van der Waals surface area contributed by atoms with Crippen LogP contribution in [0.25, 0.3) is 0 Å². The number of aromatic nitrogens is 2. The topological polar surface area (TPSA) is 50.5 Å². The maximum Gasteiger partial charge on any atom is 0.246 e. The van der Waals surface area contributed by atoms with Crippen LogP contribution in [0.3, 0.4) is 0 Å². The SMILES string of the molecule is Cn1ccn(CN2CCN(S(=O)(=O)c3cc(F)ccc3F)CC2)c1=S. The van der Waals surface area contributed by atoms with Gasteiger partial charge in [0.15, 0.2) is 4.77 Å². The summed E-state index contributed by atoms with van der Waals surface area (Å²) in [6.45, 7) is 1.93. The summed E-state index contributed by atoms with van der Waals surface area (Å²) < 4.78 is 57.8. The van der Waals surface area contributed by atoms with Crippen molar-refractivity contribution in [2.45, 2.75) is 11.6 Å². The second-order valence-corrected chi connectivity index (χ2v) is 8.17. The van der Waals surface area contributed by atoms with E-state index in [-0.39, 0.29) is 13.1 Å². The van der Waals surface area contributed by atoms with E-state index in [4.69, 9.17) is 12.2 Å². The van der Waals surface area contributed by atoms with E-state index in [1.807, 2.05) is 28.6 Å². The summed E-state index contributed by atoms with van der Waals surface area (Å²) in [5.74, 6) is -1.73. The lowest BCUT2D eigenvalue weighted by Crippen LogP contribution is -2.49. The van der Waals surface area contributed by atoms with E-state index < -0.39 is 26.6 Å². The van der Waals surface area contributed by atoms with E-state index in [0.29, 0.717) is 24.5 Å². The van der Waals surface area contributed by atoms with Gasteiger partial charge in [0.05, 0.1) is 6.67 Å². The molecule has 2 heterocycles. The fourth-order valence-electron chi connectivity index (χ4n) is 2.76. The van der Waals surface area contributed by atoms with Gasteiger partial charge >= 0.3 is 0 Å². The fourth-order valence-corrected chi connectivity index (χ4v) is 4.44. The molecule has 0 amide bonds. The van der Waals surface area contributed by atoms with Gasteiger partial charge in [-0.3, -0.25) is 4.90 Å². The normalized spacial score (nSPS) is 17.1. The highest BCUT2D eigenvalue weighted by Gasteiger charge is 2.31. The van der Waals surface area contributed by atoms with Crippen LogP contribution in [-0.2, 0) is 23.7 Å². The highest BCUT2D eigenvalue weighted by molar-refractivity contribution is 7.89. The maximum absolute atomic E-state index is 13.8. The number of rotatable bonds is 4. The lowest BCUT2D eigenvalue weighted by atomic mass is 10.3. The number of hydrogen-bond donors (Lipinski definition) is 0. The monoisotopic (exact) mass is 388 g/mol. The molecule has 1 aromatic heterocycles. The number of nitrogens with zero attached hydrogens (tertiary/aromatic N) is 4. The van der Waals surface area contributed by atoms with Crippen LogP contribution in [0.2, 0.25) is 0 Å². The van der Waals surface area contributed by atoms with Crippen molar-refractivity contribution in [2.24, 2.45) is 7.05 Å². The largest absolute Gasteiger partial charge is 0.327 e. The predicted octanol–water partition coefficient (Wildman–Crippen LogP) is 1.80. The minimum atomic E-state index is -4.06. The van der Waals surface area contributed by atoms with E-state index in [2.05, 4.69) is 4.90 Å². The average Bonchev–Trinajstić information content (AvgIpc) is 2.89. The fraction of sp³-hybridized carbons (Fsp3) is 0.400. The Morgan fingerprint density at radius 3 is 2.40 bits per heavy atom. The molecule has 0 unspecified atom stereocenters. The van der Waals surface area contributed by atoms with E-state index in [1.165, 1.54) is 4.31 Å². The van der Waals surface area contributed by atoms with Gasteiger partial charge in [-0.05, 0) is 30.4 Å². The van der Waals surface area contributed by atoms with Crippen LogP contribution in [0.5, 0.6) is 0 Å². The van der Waals surface area contributed by atoms with Crippen LogP contribution >= 0.6 is 12.2 Å². The molecule has 0 bridgehead atoms. The molecule has 3 rings (SSSR count). The molecule has 0 atom stereocenters. The molecule has 1 fully saturated rings. The number of aryl methyl sites for hydroxylation is 1. The van der Waals surface area contributed by atoms with Crippen molar-refractivity contribution in [1.82, 2.24) is 18.3 Å². The highest BCUT2D eigenvalue weighted by atomic mass is 32.2. The van der Waals surface area contributed by atoms with Gasteiger partial charge < -0.3 is 9.13 Å². The molecule has 6 nitrogen and oxygen atoms in total. The third kappa shape index (κ3) is 3.66. The number of imidazole rings is 1. The Labute approximate surface area is 149 Å². The lowest BCUT2D eigenvalue weighted by Gasteiger charge is -2.34. The quantitative estimate of drug-likeness (QED) is 0.750. The first-order valence-corrected chi connectivity index (χ1v) is 9.53. The van der Waals surface area contributed by atoms with Crippen LogP contribution in [0, 0.1) is 16.4 Å². The standard InChI is InChI=1S/C15H18F2N4O2S2/c1-18-4-7-20(15(18)24)11-19-5-8-21(9-6-19)25(22,23)14-10-12(16)2-3-13(14)17/h2-4,7,10H,5-6,8-9,11H2,1H3. The van der Waals surface area contributed by atoms with Crippen LogP contribution < -0.4 is 0 Å². The minimum Gasteiger partial charge on any atom is -0.327 e. The first-order chi connectivity index (χ1) is 11.8. The molecule has 2 aromatic rings. The summed E-state index contributed by atoms with van der Waals surface area (Å²) >= 11 is 5.28. The summed E-state index contributed by atoms with van der Waals surface area (Å²) in [5, 5.41) is 0. The van der Waals surface area contributed by atoms with Crippen LogP contribution in [0.4, 0.5) is 8.78 Å². The van der Waals surface area contributed by atoms with Gasteiger partial charge in [-0.1, -0.05) is 0 Å². The Balaban J connectivity index is 1.70. The zero-order chi connectivity index (χ0) is 18.2. The second-order valence-electron chi connectivity index (χ2n) is 5.90. The maximum atomic E-state index is 13.8. The zero-order valence-electron chi connectivity index (χ0n) is 13.6. The van der Waals surface area contributed by atoms with E-state index >= 15 is 0 Å². The van der Waals surface area contributed by atoms with Gasteiger partial charge in [-0.25, -0.2) is 17.2 Å². The van der Waals surface area contributed by atoms with Crippen molar-refractivity contribution < 1.29 is 17.2 Å². The van der Waals surface area contributed by atoms with Gasteiger partial charge in [0.25, 0.3) is 0 Å². The first-order valence-electron chi connectivity index (χ1n) is 7.68. The summed E-state index contributed by atoms with van der Waals surface area (Å²) in [6.07, 6.45) is 3.73. The van der Waals surface area contributed by atoms with E-state index in [1.54, 1.807) is 0 Å². The Bertz CT molecular complexity index is 931. The molecule has 0 radical (unpaired) electrons. The molecule has 0 N–H and O–H groups in total. The number of sulfonamides is 1. The Morgan fingerprint density at radius 2 is 1.80 bits per heavy atom. The summed E-state index contributed by atoms with van der Waals surface area (Å²) in [4.78, 5) is 1.44. The zero-order valence-corrected chi connectivity index (χ0v) is 15.2. The molecule has 0 aliphatic carbocycles. The highest BCUT2D eigenvalue weighted by Crippen LogP contribution is 2.21. The van der Waals surface area contributed by atoms with Gasteiger partial charge in [0.2, 0.25) is 10.0 Å². The summed E-state index contributed by atoms with van der Waals surface area (Å²) in [5.41, 5.74) is 0. The summed E-state index contributed by atoms with van der Waals surface area (Å²) in [6, 6.07) is 2.45. The van der Waals surface area contributed by atoms with Crippen LogP contribution in [-0.4, -0.2) is 52.9 Å². The predicted molar refractivity (Wildman–Crippen MR) is 90.9 cm³/mol. The molecule has 0 spiro atoms. The van der Waals surface area contributed by atoms with Gasteiger partial charge in [0, 0.05) is 45.6 Å². The third-order valence-corrected chi connectivity index (χ3v) is 6.65. The lowest BCUT2D eigenvalue weighted by molar-refractivity contribution is 0.151. The summed E-state index contributed by atoms with van der Waals surface area (Å²) in [7, 11) is -2.20. The van der Waals surface area contributed by atoms with Crippen molar-refractivity contribution >= 4 is 22.2 Å². The molecule has 1 aliphatic heterocycles. The Kier molecular flexibility index (Phi) is 5.05. The van der Waals surface area contributed by atoms with Crippen molar-refractivity contribution in [3.63, 3.8) is 0 Å². The number of benzene rings is 1. The van der Waals surface area contributed by atoms with E-state index in [9.17, 15) is 17.2 Å².